The van der Waals surface area contributed by atoms with Gasteiger partial charge in [-0.3, -0.25) is 10.1 Å². The van der Waals surface area contributed by atoms with Crippen molar-refractivity contribution in [3.8, 4) is 56.0 Å². The lowest BCUT2D eigenvalue weighted by molar-refractivity contribution is -0.382. The lowest BCUT2D eigenvalue weighted by Crippen LogP contribution is -1.93. The Hall–Kier alpha value is -9.60. The Morgan fingerprint density at radius 3 is 1.04 bits per heavy atom. The molecule has 2 aliphatic heterocycles. The average molecular weight is 1090 g/mol. The summed E-state index contributed by atoms with van der Waals surface area (Å²) < 4.78 is 11.9. The maximum atomic E-state index is 13.7. The summed E-state index contributed by atoms with van der Waals surface area (Å²) in [4.78, 5) is 32.7. The van der Waals surface area contributed by atoms with Crippen LogP contribution in [0.1, 0.15) is 124 Å². The van der Waals surface area contributed by atoms with Crippen molar-refractivity contribution in [3.05, 3.63) is 207 Å². The van der Waals surface area contributed by atoms with Crippen molar-refractivity contribution in [1.82, 2.24) is 19.9 Å². The largest absolute Gasteiger partial charge is 0.497 e. The molecule has 9 heteroatoms. The van der Waals surface area contributed by atoms with Gasteiger partial charge in [0.2, 0.25) is 0 Å². The van der Waals surface area contributed by atoms with Crippen molar-refractivity contribution in [3.63, 3.8) is 0 Å². The van der Waals surface area contributed by atoms with Crippen LogP contribution in [-0.4, -0.2) is 39.1 Å². The summed E-state index contributed by atoms with van der Waals surface area (Å²) in [5, 5.41) is 22.1. The van der Waals surface area contributed by atoms with Crippen molar-refractivity contribution in [2.75, 3.05) is 14.2 Å². The highest BCUT2D eigenvalue weighted by Crippen LogP contribution is 2.47. The van der Waals surface area contributed by atoms with Crippen molar-refractivity contribution in [2.45, 2.75) is 79.1 Å². The minimum Gasteiger partial charge on any atom is -0.497 e. The van der Waals surface area contributed by atoms with Crippen molar-refractivity contribution in [2.24, 2.45) is 0 Å². The highest BCUT2D eigenvalue weighted by Gasteiger charge is 2.27. The number of nitro groups is 1. The second-order valence-corrected chi connectivity index (χ2v) is 23.4. The molecular formula is C74H65N5O4. The molecule has 410 valence electrons. The van der Waals surface area contributed by atoms with Gasteiger partial charge in [-0.1, -0.05) is 165 Å². The molecule has 83 heavy (non-hydrogen) atoms. The van der Waals surface area contributed by atoms with Gasteiger partial charge in [-0.25, -0.2) is 9.97 Å². The van der Waals surface area contributed by atoms with Crippen LogP contribution in [0.2, 0.25) is 0 Å². The topological polar surface area (TPSA) is 119 Å². The number of hydrogen-bond acceptors (Lipinski definition) is 6. The molecule has 0 saturated carbocycles. The standard InChI is InChI=1S/C74H65N5O4/c1-40(2)44-11-19-48(20-12-44)68-62-31-32-63(75-62)69(49-21-13-45(14-22-49)41(3)4)72-60-37-58-56-35-52(82-9)27-29-54(56)55-30-28-53(83-10)36-57(55)59(58)38-61(60)73(78-72)70(50-23-15-46(16-24-50)42(5)6)64-33-34-65(76-64)71(51-25-17-47(18-26-51)43(7)8)74-67(79(80)81)39-66(68)77-74/h11-43,77-78H,1-10H3. The third-order valence-corrected chi connectivity index (χ3v) is 17.1. The number of hydrogen-bond donors (Lipinski definition) is 2. The van der Waals surface area contributed by atoms with Crippen LogP contribution >= 0.6 is 0 Å². The van der Waals surface area contributed by atoms with E-state index in [0.29, 0.717) is 51.4 Å². The zero-order valence-electron chi connectivity index (χ0n) is 48.5. The van der Waals surface area contributed by atoms with Gasteiger partial charge >= 0.3 is 0 Å². The molecule has 0 atom stereocenters. The van der Waals surface area contributed by atoms with Gasteiger partial charge in [-0.05, 0) is 161 Å². The minimum absolute atomic E-state index is 0.0636. The summed E-state index contributed by atoms with van der Waals surface area (Å²) in [6.07, 6.45) is 8.24. The molecule has 2 aliphatic rings. The third-order valence-electron chi connectivity index (χ3n) is 17.1. The summed E-state index contributed by atoms with van der Waals surface area (Å²) in [6, 6.07) is 53.6. The highest BCUT2D eigenvalue weighted by atomic mass is 16.6. The summed E-state index contributed by atoms with van der Waals surface area (Å²) in [6.45, 7) is 17.5. The van der Waals surface area contributed by atoms with Gasteiger partial charge in [0.05, 0.1) is 58.5 Å². The van der Waals surface area contributed by atoms with Crippen LogP contribution in [0.5, 0.6) is 11.5 Å². The Labute approximate surface area is 483 Å². The molecule has 0 aliphatic carbocycles. The van der Waals surface area contributed by atoms with E-state index in [0.717, 1.165) is 116 Å². The van der Waals surface area contributed by atoms with Crippen LogP contribution < -0.4 is 9.47 Å². The van der Waals surface area contributed by atoms with Crippen LogP contribution in [0.3, 0.4) is 0 Å². The normalized spacial score (nSPS) is 12.4. The Balaban J connectivity index is 1.31. The van der Waals surface area contributed by atoms with Gasteiger partial charge in [-0.15, -0.1) is 0 Å². The molecule has 0 unspecified atom stereocenters. The van der Waals surface area contributed by atoms with Gasteiger partial charge in [-0.2, -0.15) is 0 Å². The summed E-state index contributed by atoms with van der Waals surface area (Å²) in [7, 11) is 3.43. The molecule has 0 radical (unpaired) electrons. The molecule has 8 bridgehead atoms. The molecule has 0 amide bonds. The van der Waals surface area contributed by atoms with E-state index in [1.54, 1.807) is 20.3 Å². The summed E-state index contributed by atoms with van der Waals surface area (Å²) in [5.74, 6) is 2.71. The Bertz CT molecular complexity index is 4690. The number of benzene rings is 8. The fourth-order valence-corrected chi connectivity index (χ4v) is 12.4. The molecule has 5 heterocycles. The number of methoxy groups -OCH3 is 2. The molecule has 2 N–H and O–H groups in total. The molecule has 0 fully saturated rings. The van der Waals surface area contributed by atoms with Gasteiger partial charge in [0.15, 0.2) is 0 Å². The first-order valence-electron chi connectivity index (χ1n) is 28.8. The maximum absolute atomic E-state index is 13.7. The van der Waals surface area contributed by atoms with E-state index in [9.17, 15) is 10.1 Å². The van der Waals surface area contributed by atoms with E-state index in [-0.39, 0.29) is 16.5 Å². The smallest absolute Gasteiger partial charge is 0.295 e. The van der Waals surface area contributed by atoms with E-state index in [1.165, 1.54) is 16.7 Å². The Kier molecular flexibility index (Phi) is 13.2. The minimum atomic E-state index is -0.283. The van der Waals surface area contributed by atoms with Crippen LogP contribution in [0, 0.1) is 10.1 Å². The third kappa shape index (κ3) is 9.12. The summed E-state index contributed by atoms with van der Waals surface area (Å²) >= 11 is 0. The van der Waals surface area contributed by atoms with E-state index in [4.69, 9.17) is 19.4 Å². The first-order valence-corrected chi connectivity index (χ1v) is 28.8. The van der Waals surface area contributed by atoms with Gasteiger partial charge in [0.1, 0.15) is 17.0 Å². The molecule has 0 saturated heterocycles. The molecule has 11 aromatic rings. The Morgan fingerprint density at radius 1 is 0.373 bits per heavy atom. The predicted octanol–water partition coefficient (Wildman–Crippen LogP) is 20.4. The molecular weight excluding hydrogens is 1020 g/mol. The molecule has 8 aromatic carbocycles. The van der Waals surface area contributed by atoms with Crippen molar-refractivity contribution in [1.29, 1.82) is 0 Å². The van der Waals surface area contributed by atoms with E-state index < -0.39 is 0 Å². The fourth-order valence-electron chi connectivity index (χ4n) is 12.4. The monoisotopic (exact) mass is 1090 g/mol. The Morgan fingerprint density at radius 2 is 0.699 bits per heavy atom. The quantitative estimate of drug-likeness (QED) is 0.0756. The molecule has 0 spiro atoms. The predicted molar refractivity (Wildman–Crippen MR) is 347 cm³/mol. The average Bonchev–Trinajstić information content (AvgIpc) is 2.06. The summed E-state index contributed by atoms with van der Waals surface area (Å²) in [5.41, 5.74) is 16.8. The number of aromatic amines is 2. The maximum Gasteiger partial charge on any atom is 0.295 e. The molecule has 13 rings (SSSR count). The van der Waals surface area contributed by atoms with Crippen LogP contribution in [0.4, 0.5) is 5.69 Å². The number of ether oxygens (including phenoxy) is 2. The van der Waals surface area contributed by atoms with E-state index in [1.807, 2.05) is 18.2 Å². The van der Waals surface area contributed by atoms with Crippen molar-refractivity contribution >= 4 is 95.1 Å². The lowest BCUT2D eigenvalue weighted by atomic mass is 9.91. The van der Waals surface area contributed by atoms with E-state index >= 15 is 0 Å². The van der Waals surface area contributed by atoms with Crippen molar-refractivity contribution < 1.29 is 14.4 Å². The van der Waals surface area contributed by atoms with Gasteiger partial charge < -0.3 is 19.4 Å². The highest BCUT2D eigenvalue weighted by molar-refractivity contribution is 6.30. The molecule has 9 nitrogen and oxygen atoms in total. The number of fused-ring (bicyclic) bond motifs is 17. The number of aromatic nitrogens is 4. The fraction of sp³-hybridized carbons (Fsp3) is 0.189. The number of rotatable bonds is 11. The van der Waals surface area contributed by atoms with Gasteiger partial charge in [0.25, 0.3) is 5.69 Å². The zero-order valence-corrected chi connectivity index (χ0v) is 48.5. The number of nitrogens with zero attached hydrogens (tertiary/aromatic N) is 3. The lowest BCUT2D eigenvalue weighted by Gasteiger charge is -2.14. The number of H-pyrrole nitrogens is 2. The van der Waals surface area contributed by atoms with Gasteiger partial charge in [0, 0.05) is 39.1 Å². The van der Waals surface area contributed by atoms with Crippen LogP contribution in [-0.2, 0) is 0 Å². The first-order chi connectivity index (χ1) is 40.2. The van der Waals surface area contributed by atoms with Crippen LogP contribution in [0.25, 0.3) is 134 Å². The number of nitrogens with one attached hydrogen (secondary N) is 2. The SMILES string of the molecule is COc1ccc2c3ccc(OC)cc3c3cc4c5[nH]c(c(-c6ccc(C(C)C)cc6)c6nc(c(-c7ccc(C(C)C)cc7)c7cc([N+](=O)[O-])c([nH]7)c(-c7ccc(C(C)C)cc7)c7nc(c5-c5ccc(C(C)C)cc5)C=C7)C=C6)c4cc3c2c1. The second-order valence-electron chi connectivity index (χ2n) is 23.4. The molecule has 3 aromatic heterocycles. The zero-order chi connectivity index (χ0) is 57.5. The van der Waals surface area contributed by atoms with E-state index in [2.05, 4.69) is 217 Å². The second kappa shape index (κ2) is 20.7. The van der Waals surface area contributed by atoms with Crippen LogP contribution in [0.15, 0.2) is 152 Å². The first kappa shape index (κ1) is 52.8.